The summed E-state index contributed by atoms with van der Waals surface area (Å²) in [6, 6.07) is 14.0. The second-order valence-corrected chi connectivity index (χ2v) is 9.64. The van der Waals surface area contributed by atoms with Crippen molar-refractivity contribution in [2.45, 2.75) is 66.7 Å². The van der Waals surface area contributed by atoms with E-state index in [-0.39, 0.29) is 5.54 Å². The zero-order chi connectivity index (χ0) is 20.8. The van der Waals surface area contributed by atoms with E-state index >= 15 is 0 Å². The Bertz CT molecular complexity index is 765. The number of nitrogens with two attached hydrogens (primary N) is 1. The fourth-order valence-corrected chi connectivity index (χ4v) is 3.86. The van der Waals surface area contributed by atoms with Crippen molar-refractivity contribution in [1.82, 2.24) is 0 Å². The molecule has 0 amide bonds. The molecular weight excluding hydrogens is 370 g/mol. The monoisotopic (exact) mass is 404 g/mol. The van der Waals surface area contributed by atoms with Crippen LogP contribution in [0.25, 0.3) is 0 Å². The summed E-state index contributed by atoms with van der Waals surface area (Å²) in [5.74, 6) is 1.54. The molecule has 0 heterocycles. The van der Waals surface area contributed by atoms with Crippen LogP contribution in [0, 0.1) is 5.41 Å². The minimum absolute atomic E-state index is 0.184. The Hall–Kier alpha value is -1.71. The van der Waals surface area contributed by atoms with Gasteiger partial charge in [0, 0.05) is 22.6 Å². The highest BCUT2D eigenvalue weighted by Gasteiger charge is 2.28. The van der Waals surface area contributed by atoms with E-state index in [0.717, 1.165) is 30.0 Å². The van der Waals surface area contributed by atoms with E-state index in [2.05, 4.69) is 52.1 Å². The molecule has 0 fully saturated rings. The van der Waals surface area contributed by atoms with Gasteiger partial charge in [-0.05, 0) is 50.5 Å². The molecule has 154 valence electrons. The van der Waals surface area contributed by atoms with Crippen LogP contribution in [0.5, 0.6) is 11.5 Å². The van der Waals surface area contributed by atoms with Crippen LogP contribution in [0.1, 0.15) is 59.1 Å². The van der Waals surface area contributed by atoms with Crippen LogP contribution >= 0.6 is 11.6 Å². The summed E-state index contributed by atoms with van der Waals surface area (Å²) in [7, 11) is 0. The van der Waals surface area contributed by atoms with Gasteiger partial charge in [-0.3, -0.25) is 0 Å². The van der Waals surface area contributed by atoms with Gasteiger partial charge in [-0.1, -0.05) is 50.6 Å². The second kappa shape index (κ2) is 9.67. The van der Waals surface area contributed by atoms with Gasteiger partial charge < -0.3 is 14.8 Å². The minimum atomic E-state index is 0.184. The highest BCUT2D eigenvalue weighted by Crippen LogP contribution is 2.30. The van der Waals surface area contributed by atoms with Crippen molar-refractivity contribution >= 4 is 11.6 Å². The topological polar surface area (TPSA) is 35.1 Å². The van der Waals surface area contributed by atoms with Gasteiger partial charge in [0.25, 0.3) is 0 Å². The first-order valence-electron chi connectivity index (χ1n) is 10.1. The van der Waals surface area contributed by atoms with Crippen molar-refractivity contribution in [2.75, 3.05) is 6.61 Å². The van der Waals surface area contributed by atoms with Crippen LogP contribution < -0.4 is 14.8 Å². The van der Waals surface area contributed by atoms with E-state index in [1.165, 1.54) is 5.56 Å². The fourth-order valence-electron chi connectivity index (χ4n) is 3.67. The first kappa shape index (κ1) is 22.6. The van der Waals surface area contributed by atoms with E-state index in [4.69, 9.17) is 21.1 Å². The van der Waals surface area contributed by atoms with E-state index in [9.17, 15) is 0 Å². The zero-order valence-electron chi connectivity index (χ0n) is 18.1. The van der Waals surface area contributed by atoms with Gasteiger partial charge in [0.1, 0.15) is 13.2 Å². The molecule has 0 aromatic heterocycles. The third-order valence-corrected chi connectivity index (χ3v) is 4.89. The Kier molecular flexibility index (Phi) is 7.79. The molecule has 0 atom stereocenters. The molecule has 2 rings (SSSR count). The number of hydrogen-bond donors (Lipinski definition) is 1. The molecule has 0 radical (unpaired) electrons. The van der Waals surface area contributed by atoms with Gasteiger partial charge >= 0.3 is 0 Å². The van der Waals surface area contributed by atoms with E-state index in [0.29, 0.717) is 23.7 Å². The molecule has 0 unspecified atom stereocenters. The van der Waals surface area contributed by atoms with E-state index < -0.39 is 0 Å². The third-order valence-electron chi connectivity index (χ3n) is 4.53. The lowest BCUT2D eigenvalue weighted by atomic mass is 9.82. The van der Waals surface area contributed by atoms with Crippen molar-refractivity contribution in [2.24, 2.45) is 5.41 Å². The molecule has 3 nitrogen and oxygen atoms in total. The molecule has 0 aliphatic carbocycles. The Labute approximate surface area is 175 Å². The van der Waals surface area contributed by atoms with Crippen LogP contribution in [-0.4, -0.2) is 12.1 Å². The first-order valence-corrected chi connectivity index (χ1v) is 10.4. The lowest BCUT2D eigenvalue weighted by Crippen LogP contribution is -2.94. The number of rotatable bonds is 9. The Balaban J connectivity index is 2.06. The van der Waals surface area contributed by atoms with Crippen LogP contribution in [0.4, 0.5) is 0 Å². The zero-order valence-corrected chi connectivity index (χ0v) is 18.9. The molecule has 2 N–H and O–H groups in total. The summed E-state index contributed by atoms with van der Waals surface area (Å²) < 4.78 is 11.8. The molecule has 0 saturated heterocycles. The van der Waals surface area contributed by atoms with Crippen LogP contribution in [0.2, 0.25) is 5.02 Å². The molecule has 0 aliphatic rings. The molecule has 0 aliphatic heterocycles. The SMILES string of the molecule is CCOc1cc(C[NH2+]C(C)(C)CC(C)(C)C)ccc1OCc1ccccc1Cl. The number of hydrogen-bond acceptors (Lipinski definition) is 2. The minimum Gasteiger partial charge on any atom is -0.490 e. The average Bonchev–Trinajstić information content (AvgIpc) is 2.59. The summed E-state index contributed by atoms with van der Waals surface area (Å²) in [4.78, 5) is 0. The summed E-state index contributed by atoms with van der Waals surface area (Å²) in [5.41, 5.74) is 2.69. The van der Waals surface area contributed by atoms with Crippen molar-refractivity contribution < 1.29 is 14.8 Å². The van der Waals surface area contributed by atoms with Crippen LogP contribution in [0.3, 0.4) is 0 Å². The molecule has 2 aromatic carbocycles. The van der Waals surface area contributed by atoms with Crippen molar-refractivity contribution in [3.05, 3.63) is 58.6 Å². The molecule has 4 heteroatoms. The summed E-state index contributed by atoms with van der Waals surface area (Å²) in [6.07, 6.45) is 1.15. The number of halogens is 1. The molecule has 0 bridgehead atoms. The summed E-state index contributed by atoms with van der Waals surface area (Å²) in [6.45, 7) is 15.4. The predicted molar refractivity (Wildman–Crippen MR) is 117 cm³/mol. The van der Waals surface area contributed by atoms with Crippen molar-refractivity contribution in [1.29, 1.82) is 0 Å². The molecule has 0 spiro atoms. The average molecular weight is 405 g/mol. The van der Waals surface area contributed by atoms with Gasteiger partial charge in [0.15, 0.2) is 11.5 Å². The maximum atomic E-state index is 6.23. The Morgan fingerprint density at radius 1 is 0.929 bits per heavy atom. The molecular formula is C24H35ClNO2+. The largest absolute Gasteiger partial charge is 0.490 e. The highest BCUT2D eigenvalue weighted by molar-refractivity contribution is 6.31. The van der Waals surface area contributed by atoms with Crippen LogP contribution in [-0.2, 0) is 13.2 Å². The molecule has 28 heavy (non-hydrogen) atoms. The van der Waals surface area contributed by atoms with Crippen molar-refractivity contribution in [3.8, 4) is 11.5 Å². The molecule has 0 saturated carbocycles. The maximum Gasteiger partial charge on any atom is 0.161 e. The quantitative estimate of drug-likeness (QED) is 0.590. The smallest absolute Gasteiger partial charge is 0.161 e. The fraction of sp³-hybridized carbons (Fsp3) is 0.500. The van der Waals surface area contributed by atoms with Crippen LogP contribution in [0.15, 0.2) is 42.5 Å². The van der Waals surface area contributed by atoms with Crippen molar-refractivity contribution in [3.63, 3.8) is 0 Å². The lowest BCUT2D eigenvalue weighted by Gasteiger charge is -2.30. The molecule has 2 aromatic rings. The summed E-state index contributed by atoms with van der Waals surface area (Å²) in [5, 5.41) is 3.13. The van der Waals surface area contributed by atoms with Gasteiger partial charge in [-0.2, -0.15) is 0 Å². The third kappa shape index (κ3) is 7.37. The normalized spacial score (nSPS) is 12.1. The first-order chi connectivity index (χ1) is 13.1. The van der Waals surface area contributed by atoms with Gasteiger partial charge in [0.05, 0.1) is 12.1 Å². The van der Waals surface area contributed by atoms with Gasteiger partial charge in [0.2, 0.25) is 0 Å². The van der Waals surface area contributed by atoms with Gasteiger partial charge in [-0.25, -0.2) is 0 Å². The summed E-state index contributed by atoms with van der Waals surface area (Å²) >= 11 is 6.23. The maximum absolute atomic E-state index is 6.23. The second-order valence-electron chi connectivity index (χ2n) is 9.23. The Morgan fingerprint density at radius 2 is 1.64 bits per heavy atom. The van der Waals surface area contributed by atoms with E-state index in [1.54, 1.807) is 0 Å². The van der Waals surface area contributed by atoms with Gasteiger partial charge in [-0.15, -0.1) is 0 Å². The highest BCUT2D eigenvalue weighted by atomic mass is 35.5. The van der Waals surface area contributed by atoms with E-state index in [1.807, 2.05) is 37.3 Å². The predicted octanol–water partition coefficient (Wildman–Crippen LogP) is 5.60. The standard InChI is InChI=1S/C24H34ClNO2/c1-7-27-22-14-18(15-26-24(5,6)17-23(2,3)4)12-13-21(22)28-16-19-10-8-9-11-20(19)25/h8-14,26H,7,15-17H2,1-6H3/p+1. The lowest BCUT2D eigenvalue weighted by molar-refractivity contribution is -0.737. The number of ether oxygens (including phenoxy) is 2. The Morgan fingerprint density at radius 3 is 2.29 bits per heavy atom. The number of benzene rings is 2. The number of quaternary nitrogens is 1.